The predicted octanol–water partition coefficient (Wildman–Crippen LogP) is 1.77. The van der Waals surface area contributed by atoms with Crippen molar-refractivity contribution in [1.82, 2.24) is 10.6 Å². The minimum atomic E-state index is -0.940. The van der Waals surface area contributed by atoms with Crippen LogP contribution in [-0.4, -0.2) is 36.1 Å². The number of aliphatic carboxylic acids is 1. The highest BCUT2D eigenvalue weighted by Gasteiger charge is 2.38. The van der Waals surface area contributed by atoms with Crippen LogP contribution < -0.4 is 10.6 Å². The lowest BCUT2D eigenvalue weighted by Gasteiger charge is -2.36. The third kappa shape index (κ3) is 4.47. The molecule has 20 heavy (non-hydrogen) atoms. The fraction of sp³-hybridized carbons (Fsp3) is 0.867. The molecule has 0 saturated carbocycles. The Morgan fingerprint density at radius 1 is 1.45 bits per heavy atom. The Bertz CT molecular complexity index is 336. The van der Waals surface area contributed by atoms with Gasteiger partial charge in [-0.2, -0.15) is 0 Å². The SMILES string of the molecule is CCCCC(NC(=O)C(C)(C)C1CCCNC1)C(=O)O. The molecule has 1 heterocycles. The number of piperidine rings is 1. The number of carbonyl (C=O) groups excluding carboxylic acids is 1. The molecule has 1 aliphatic rings. The number of carboxylic acid groups (broad SMARTS) is 1. The lowest BCUT2D eigenvalue weighted by molar-refractivity contribution is -0.144. The first kappa shape index (κ1) is 17.0. The van der Waals surface area contributed by atoms with E-state index in [1.54, 1.807) is 0 Å². The lowest BCUT2D eigenvalue weighted by atomic mass is 9.74. The van der Waals surface area contributed by atoms with E-state index < -0.39 is 17.4 Å². The molecule has 0 spiro atoms. The van der Waals surface area contributed by atoms with Crippen molar-refractivity contribution in [3.63, 3.8) is 0 Å². The highest BCUT2D eigenvalue weighted by atomic mass is 16.4. The van der Waals surface area contributed by atoms with E-state index >= 15 is 0 Å². The van der Waals surface area contributed by atoms with Crippen molar-refractivity contribution in [1.29, 1.82) is 0 Å². The minimum absolute atomic E-state index is 0.144. The summed E-state index contributed by atoms with van der Waals surface area (Å²) in [6, 6.07) is -0.765. The summed E-state index contributed by atoms with van der Waals surface area (Å²) >= 11 is 0. The molecule has 1 aliphatic heterocycles. The number of nitrogens with one attached hydrogen (secondary N) is 2. The number of amides is 1. The zero-order valence-electron chi connectivity index (χ0n) is 12.9. The second kappa shape index (κ2) is 7.62. The van der Waals surface area contributed by atoms with E-state index in [0.717, 1.165) is 38.8 Å². The summed E-state index contributed by atoms with van der Waals surface area (Å²) in [5.41, 5.74) is -0.534. The lowest BCUT2D eigenvalue weighted by Crippen LogP contribution is -2.51. The van der Waals surface area contributed by atoms with Crippen LogP contribution in [0.2, 0.25) is 0 Å². The molecule has 0 aromatic carbocycles. The normalized spacial score (nSPS) is 21.2. The quantitative estimate of drug-likeness (QED) is 0.666. The monoisotopic (exact) mass is 284 g/mol. The van der Waals surface area contributed by atoms with Crippen molar-refractivity contribution >= 4 is 11.9 Å². The van der Waals surface area contributed by atoms with Crippen molar-refractivity contribution < 1.29 is 14.7 Å². The highest BCUT2D eigenvalue weighted by molar-refractivity contribution is 5.87. The van der Waals surface area contributed by atoms with Gasteiger partial charge in [0.05, 0.1) is 0 Å². The molecule has 5 heteroatoms. The molecule has 1 rings (SSSR count). The maximum Gasteiger partial charge on any atom is 0.326 e. The molecule has 2 atom stereocenters. The molecule has 1 amide bonds. The van der Waals surface area contributed by atoms with Crippen molar-refractivity contribution in [2.24, 2.45) is 11.3 Å². The number of carboxylic acids is 1. The molecule has 3 N–H and O–H groups in total. The van der Waals surface area contributed by atoms with Crippen LogP contribution in [0, 0.1) is 11.3 Å². The van der Waals surface area contributed by atoms with Crippen molar-refractivity contribution in [2.45, 2.75) is 58.9 Å². The average Bonchev–Trinajstić information content (AvgIpc) is 2.43. The summed E-state index contributed by atoms with van der Waals surface area (Å²) in [6.07, 6.45) is 4.31. The molecule has 0 aromatic heterocycles. The third-order valence-electron chi connectivity index (χ3n) is 4.35. The Hall–Kier alpha value is -1.10. The summed E-state index contributed by atoms with van der Waals surface area (Å²) in [4.78, 5) is 23.7. The largest absolute Gasteiger partial charge is 0.480 e. The fourth-order valence-corrected chi connectivity index (χ4v) is 2.66. The zero-order chi connectivity index (χ0) is 15.2. The minimum Gasteiger partial charge on any atom is -0.480 e. The molecule has 0 aliphatic carbocycles. The molecular weight excluding hydrogens is 256 g/mol. The van der Waals surface area contributed by atoms with E-state index in [1.807, 2.05) is 20.8 Å². The van der Waals surface area contributed by atoms with E-state index in [4.69, 9.17) is 0 Å². The van der Waals surface area contributed by atoms with Gasteiger partial charge in [0.25, 0.3) is 0 Å². The maximum absolute atomic E-state index is 12.4. The third-order valence-corrected chi connectivity index (χ3v) is 4.35. The summed E-state index contributed by atoms with van der Waals surface area (Å²) in [5, 5.41) is 15.2. The second-order valence-electron chi connectivity index (χ2n) is 6.27. The molecule has 1 saturated heterocycles. The highest BCUT2D eigenvalue weighted by Crippen LogP contribution is 2.32. The average molecular weight is 284 g/mol. The standard InChI is InChI=1S/C15H28N2O3/c1-4-5-8-12(13(18)19)17-14(20)15(2,3)11-7-6-9-16-10-11/h11-12,16H,4-10H2,1-3H3,(H,17,20)(H,18,19). The molecule has 0 aromatic rings. The summed E-state index contributed by atoms with van der Waals surface area (Å²) < 4.78 is 0. The van der Waals surface area contributed by atoms with E-state index in [9.17, 15) is 14.7 Å². The summed E-state index contributed by atoms with van der Waals surface area (Å²) in [6.45, 7) is 7.67. The Balaban J connectivity index is 2.63. The van der Waals surface area contributed by atoms with Crippen LogP contribution in [-0.2, 0) is 9.59 Å². The van der Waals surface area contributed by atoms with Crippen LogP contribution in [0.4, 0.5) is 0 Å². The Kier molecular flexibility index (Phi) is 6.46. The first-order valence-corrected chi connectivity index (χ1v) is 7.64. The van der Waals surface area contributed by atoms with Crippen LogP contribution in [0.3, 0.4) is 0 Å². The van der Waals surface area contributed by atoms with E-state index in [0.29, 0.717) is 6.42 Å². The smallest absolute Gasteiger partial charge is 0.326 e. The topological polar surface area (TPSA) is 78.4 Å². The van der Waals surface area contributed by atoms with Gasteiger partial charge in [-0.1, -0.05) is 33.6 Å². The molecule has 2 unspecified atom stereocenters. The van der Waals surface area contributed by atoms with Crippen LogP contribution in [0.25, 0.3) is 0 Å². The molecule has 116 valence electrons. The molecule has 1 fully saturated rings. The zero-order valence-corrected chi connectivity index (χ0v) is 12.9. The van der Waals surface area contributed by atoms with Gasteiger partial charge in [0.2, 0.25) is 5.91 Å². The van der Waals surface area contributed by atoms with Crippen molar-refractivity contribution in [3.05, 3.63) is 0 Å². The van der Waals surface area contributed by atoms with Crippen LogP contribution in [0.5, 0.6) is 0 Å². The molecule has 0 radical (unpaired) electrons. The Morgan fingerprint density at radius 3 is 2.65 bits per heavy atom. The summed E-state index contributed by atoms with van der Waals surface area (Å²) in [7, 11) is 0. The van der Waals surface area contributed by atoms with Crippen LogP contribution in [0.15, 0.2) is 0 Å². The van der Waals surface area contributed by atoms with E-state index in [-0.39, 0.29) is 11.8 Å². The van der Waals surface area contributed by atoms with Gasteiger partial charge < -0.3 is 15.7 Å². The van der Waals surface area contributed by atoms with E-state index in [2.05, 4.69) is 10.6 Å². The first-order chi connectivity index (χ1) is 9.39. The van der Waals surface area contributed by atoms with E-state index in [1.165, 1.54) is 0 Å². The Morgan fingerprint density at radius 2 is 2.15 bits per heavy atom. The molecular formula is C15H28N2O3. The van der Waals surface area contributed by atoms with Gasteiger partial charge in [-0.05, 0) is 38.3 Å². The predicted molar refractivity (Wildman–Crippen MR) is 78.5 cm³/mol. The molecule has 0 bridgehead atoms. The summed E-state index contributed by atoms with van der Waals surface area (Å²) in [5.74, 6) is -0.823. The number of rotatable bonds is 7. The van der Waals surface area contributed by atoms with Crippen LogP contribution >= 0.6 is 0 Å². The van der Waals surface area contributed by atoms with Gasteiger partial charge in [0.1, 0.15) is 6.04 Å². The second-order valence-corrected chi connectivity index (χ2v) is 6.27. The fourth-order valence-electron chi connectivity index (χ4n) is 2.66. The number of hydrogen-bond donors (Lipinski definition) is 3. The van der Waals surface area contributed by atoms with Crippen LogP contribution in [0.1, 0.15) is 52.9 Å². The maximum atomic E-state index is 12.4. The first-order valence-electron chi connectivity index (χ1n) is 7.64. The van der Waals surface area contributed by atoms with Gasteiger partial charge in [-0.3, -0.25) is 4.79 Å². The number of hydrogen-bond acceptors (Lipinski definition) is 3. The van der Waals surface area contributed by atoms with Gasteiger partial charge >= 0.3 is 5.97 Å². The van der Waals surface area contributed by atoms with Gasteiger partial charge in [-0.25, -0.2) is 4.79 Å². The Labute approximate surface area is 121 Å². The number of unbranched alkanes of at least 4 members (excludes halogenated alkanes) is 1. The molecule has 5 nitrogen and oxygen atoms in total. The van der Waals surface area contributed by atoms with Gasteiger partial charge in [0, 0.05) is 5.41 Å². The van der Waals surface area contributed by atoms with Crippen molar-refractivity contribution in [2.75, 3.05) is 13.1 Å². The van der Waals surface area contributed by atoms with Gasteiger partial charge in [-0.15, -0.1) is 0 Å². The van der Waals surface area contributed by atoms with Crippen molar-refractivity contribution in [3.8, 4) is 0 Å². The van der Waals surface area contributed by atoms with Gasteiger partial charge in [0.15, 0.2) is 0 Å². The number of carbonyl (C=O) groups is 2.